The molecule has 0 bridgehead atoms. The van der Waals surface area contributed by atoms with Crippen molar-refractivity contribution in [2.24, 2.45) is 5.73 Å². The fourth-order valence-corrected chi connectivity index (χ4v) is 2.08. The summed E-state index contributed by atoms with van der Waals surface area (Å²) < 4.78 is 67.8. The number of imidazole rings is 1. The molecule has 0 spiro atoms. The van der Waals surface area contributed by atoms with Gasteiger partial charge in [0, 0.05) is 19.0 Å². The molecule has 0 amide bonds. The van der Waals surface area contributed by atoms with E-state index < -0.39 is 36.3 Å². The number of hydrogen-bond acceptors (Lipinski definition) is 2. The van der Waals surface area contributed by atoms with Gasteiger partial charge in [0.25, 0.3) is 0 Å². The van der Waals surface area contributed by atoms with Gasteiger partial charge in [-0.25, -0.2) is 9.37 Å². The normalized spacial score (nSPS) is 12.6. The van der Waals surface area contributed by atoms with E-state index in [1.165, 1.54) is 6.07 Å². The number of amidine groups is 1. The summed E-state index contributed by atoms with van der Waals surface area (Å²) >= 11 is 0. The minimum Gasteiger partial charge on any atom is -0.382 e. The smallest absolute Gasteiger partial charge is 0.328 e. The van der Waals surface area contributed by atoms with Crippen LogP contribution in [-0.2, 0) is 6.42 Å². The minimum atomic E-state index is -4.37. The number of fused-ring (bicyclic) bond motifs is 1. The first-order valence-electron chi connectivity index (χ1n) is 6.49. The molecule has 2 aromatic rings. The zero-order valence-electron chi connectivity index (χ0n) is 11.8. The summed E-state index contributed by atoms with van der Waals surface area (Å²) in [5.41, 5.74) is 5.54. The van der Waals surface area contributed by atoms with Gasteiger partial charge in [0.2, 0.25) is 0 Å². The van der Waals surface area contributed by atoms with Crippen LogP contribution in [-0.4, -0.2) is 27.1 Å². The highest BCUT2D eigenvalue weighted by Crippen LogP contribution is 2.38. The monoisotopic (exact) mass is 332 g/mol. The second kappa shape index (κ2) is 5.64. The molecule has 0 aliphatic rings. The van der Waals surface area contributed by atoms with Gasteiger partial charge < -0.3 is 10.1 Å². The molecule has 9 heteroatoms. The highest BCUT2D eigenvalue weighted by Gasteiger charge is 2.53. The molecule has 0 unspecified atom stereocenters. The van der Waals surface area contributed by atoms with E-state index in [0.717, 1.165) is 16.7 Å². The predicted octanol–water partition coefficient (Wildman–Crippen LogP) is 3.15. The van der Waals surface area contributed by atoms with Crippen molar-refractivity contribution in [3.05, 3.63) is 48.3 Å². The van der Waals surface area contributed by atoms with Crippen LogP contribution in [0.4, 0.5) is 22.0 Å². The molecule has 0 radical (unpaired) electrons. The summed E-state index contributed by atoms with van der Waals surface area (Å²) in [5.74, 6) is -9.90. The summed E-state index contributed by atoms with van der Waals surface area (Å²) in [5, 5.41) is 7.40. The largest absolute Gasteiger partial charge is 0.382 e. The topological polar surface area (TPSA) is 67.2 Å². The molecule has 0 aromatic carbocycles. The second-order valence-electron chi connectivity index (χ2n) is 4.92. The predicted molar refractivity (Wildman–Crippen MR) is 74.6 cm³/mol. The van der Waals surface area contributed by atoms with E-state index in [0.29, 0.717) is 0 Å². The van der Waals surface area contributed by atoms with Crippen LogP contribution in [0.2, 0.25) is 0 Å². The Morgan fingerprint density at radius 2 is 2.00 bits per heavy atom. The number of aromatic nitrogens is 2. The quantitative estimate of drug-likeness (QED) is 0.369. The number of hydrogen-bond donors (Lipinski definition) is 2. The highest BCUT2D eigenvalue weighted by molar-refractivity contribution is 5.99. The van der Waals surface area contributed by atoms with Crippen LogP contribution in [0, 0.1) is 11.2 Å². The number of rotatable bonds is 6. The van der Waals surface area contributed by atoms with Crippen molar-refractivity contribution in [3.63, 3.8) is 0 Å². The van der Waals surface area contributed by atoms with Crippen LogP contribution in [0.1, 0.15) is 17.9 Å². The van der Waals surface area contributed by atoms with Crippen LogP contribution in [0.5, 0.6) is 0 Å². The number of halogens is 5. The van der Waals surface area contributed by atoms with Gasteiger partial charge in [-0.2, -0.15) is 17.6 Å². The van der Waals surface area contributed by atoms with Crippen LogP contribution in [0.25, 0.3) is 5.52 Å². The zero-order chi connectivity index (χ0) is 17.4. The van der Waals surface area contributed by atoms with E-state index in [4.69, 9.17) is 11.1 Å². The lowest BCUT2D eigenvalue weighted by molar-refractivity contribution is -0.182. The van der Waals surface area contributed by atoms with Crippen molar-refractivity contribution in [3.8, 4) is 0 Å². The number of nitrogen functional groups attached to an aromatic ring is 1. The maximum Gasteiger partial charge on any atom is 0.328 e. The Morgan fingerprint density at radius 3 is 2.57 bits per heavy atom. The molecule has 3 N–H and O–H groups in total. The van der Waals surface area contributed by atoms with E-state index in [1.807, 2.05) is 0 Å². The Kier molecular flexibility index (Phi) is 4.14. The van der Waals surface area contributed by atoms with Gasteiger partial charge >= 0.3 is 11.8 Å². The number of nitrogens with zero attached hydrogens (tertiary/aromatic N) is 2. The van der Waals surface area contributed by atoms with Gasteiger partial charge in [0.1, 0.15) is 23.2 Å². The SMILES string of the molecule is C=CC(F)(F)C(F)(F)CCc1nc(C(=N)N)c2ccc(F)cn12. The molecule has 0 saturated carbocycles. The lowest BCUT2D eigenvalue weighted by Crippen LogP contribution is -2.39. The molecule has 0 aliphatic heterocycles. The number of allylic oxidation sites excluding steroid dienone is 1. The van der Waals surface area contributed by atoms with Gasteiger partial charge in [-0.15, -0.1) is 0 Å². The van der Waals surface area contributed by atoms with Gasteiger partial charge in [0.15, 0.2) is 0 Å². The lowest BCUT2D eigenvalue weighted by Gasteiger charge is -2.23. The fraction of sp³-hybridized carbons (Fsp3) is 0.286. The van der Waals surface area contributed by atoms with Crippen molar-refractivity contribution < 1.29 is 22.0 Å². The number of aryl methyl sites for hydroxylation is 1. The second-order valence-corrected chi connectivity index (χ2v) is 4.92. The minimum absolute atomic E-state index is 0.0289. The molecule has 2 aromatic heterocycles. The van der Waals surface area contributed by atoms with Crippen LogP contribution >= 0.6 is 0 Å². The summed E-state index contributed by atoms with van der Waals surface area (Å²) in [4.78, 5) is 3.88. The van der Waals surface area contributed by atoms with Gasteiger partial charge in [-0.3, -0.25) is 5.41 Å². The van der Waals surface area contributed by atoms with Gasteiger partial charge in [-0.1, -0.05) is 6.58 Å². The maximum atomic E-state index is 13.5. The molecule has 4 nitrogen and oxygen atoms in total. The van der Waals surface area contributed by atoms with Crippen LogP contribution in [0.3, 0.4) is 0 Å². The summed E-state index contributed by atoms with van der Waals surface area (Å²) in [7, 11) is 0. The molecule has 0 atom stereocenters. The Hall–Kier alpha value is -2.45. The first-order valence-corrected chi connectivity index (χ1v) is 6.49. The van der Waals surface area contributed by atoms with Crippen molar-refractivity contribution in [2.45, 2.75) is 24.7 Å². The molecule has 124 valence electrons. The molecule has 0 fully saturated rings. The molecule has 0 saturated heterocycles. The maximum absolute atomic E-state index is 13.5. The van der Waals surface area contributed by atoms with Crippen molar-refractivity contribution in [2.75, 3.05) is 0 Å². The summed E-state index contributed by atoms with van der Waals surface area (Å²) in [6, 6.07) is 2.37. The first kappa shape index (κ1) is 16.9. The van der Waals surface area contributed by atoms with E-state index in [9.17, 15) is 22.0 Å². The van der Waals surface area contributed by atoms with Crippen LogP contribution in [0.15, 0.2) is 31.0 Å². The average Bonchev–Trinajstić information content (AvgIpc) is 2.83. The van der Waals surface area contributed by atoms with Crippen LogP contribution < -0.4 is 5.73 Å². The molecular formula is C14H13F5N4. The highest BCUT2D eigenvalue weighted by atomic mass is 19.3. The molecular weight excluding hydrogens is 319 g/mol. The summed E-state index contributed by atoms with van der Waals surface area (Å²) in [6.07, 6.45) is -0.932. The third-order valence-corrected chi connectivity index (χ3v) is 3.34. The summed E-state index contributed by atoms with van der Waals surface area (Å²) in [6.45, 7) is 2.70. The third-order valence-electron chi connectivity index (χ3n) is 3.34. The van der Waals surface area contributed by atoms with E-state index in [2.05, 4.69) is 11.6 Å². The molecule has 23 heavy (non-hydrogen) atoms. The third kappa shape index (κ3) is 3.03. The average molecular weight is 332 g/mol. The molecule has 2 heterocycles. The lowest BCUT2D eigenvalue weighted by atomic mass is 10.1. The zero-order valence-corrected chi connectivity index (χ0v) is 11.8. The van der Waals surface area contributed by atoms with Gasteiger partial charge in [0.05, 0.1) is 5.52 Å². The first-order chi connectivity index (χ1) is 10.6. The Labute approximate surface area is 127 Å². The van der Waals surface area contributed by atoms with E-state index in [1.54, 1.807) is 0 Å². The number of pyridine rings is 1. The van der Waals surface area contributed by atoms with E-state index >= 15 is 0 Å². The number of alkyl halides is 4. The van der Waals surface area contributed by atoms with Crippen molar-refractivity contribution >= 4 is 11.4 Å². The van der Waals surface area contributed by atoms with Crippen molar-refractivity contribution in [1.82, 2.24) is 9.38 Å². The number of nitrogens with two attached hydrogens (primary N) is 1. The fourth-order valence-electron chi connectivity index (χ4n) is 2.08. The standard InChI is InChI=1S/C14H13F5N4/c1-2-13(16,17)14(18,19)6-5-10-22-11(12(20)21)9-4-3-8(15)7-23(9)10/h2-4,7H,1,5-6H2,(H3,20,21). The molecule has 0 aliphatic carbocycles. The Balaban J connectivity index is 2.39. The number of nitrogens with one attached hydrogen (secondary N) is 1. The van der Waals surface area contributed by atoms with E-state index in [-0.39, 0.29) is 23.1 Å². The Bertz CT molecular complexity index is 766. The van der Waals surface area contributed by atoms with Crippen molar-refractivity contribution in [1.29, 1.82) is 5.41 Å². The molecule has 2 rings (SSSR count). The Morgan fingerprint density at radius 1 is 1.35 bits per heavy atom. The van der Waals surface area contributed by atoms with Gasteiger partial charge in [-0.05, 0) is 18.2 Å².